The average Bonchev–Trinajstić information content (AvgIpc) is 2.97. The average molecular weight is 304 g/mol. The number of piperidine rings is 1. The molecule has 0 N–H and O–H groups in total. The molecule has 0 amide bonds. The normalized spacial score (nSPS) is 27.3. The summed E-state index contributed by atoms with van der Waals surface area (Å²) in [4.78, 5) is 13.7. The molecule has 5 heteroatoms. The molecule has 2 saturated heterocycles. The monoisotopic (exact) mass is 304 g/mol. The third kappa shape index (κ3) is 3.05. The van der Waals surface area contributed by atoms with E-state index in [9.17, 15) is 0 Å². The third-order valence-corrected chi connectivity index (χ3v) is 5.50. The van der Waals surface area contributed by atoms with Crippen molar-refractivity contribution in [3.05, 3.63) is 12.4 Å². The molecule has 2 aliphatic heterocycles. The molecule has 122 valence electrons. The van der Waals surface area contributed by atoms with Gasteiger partial charge < -0.3 is 14.5 Å². The van der Waals surface area contributed by atoms with Crippen molar-refractivity contribution >= 4 is 5.82 Å². The van der Waals surface area contributed by atoms with Gasteiger partial charge in [0.2, 0.25) is 5.88 Å². The van der Waals surface area contributed by atoms with Gasteiger partial charge in [-0.3, -0.25) is 0 Å². The first kappa shape index (κ1) is 15.5. The van der Waals surface area contributed by atoms with Crippen molar-refractivity contribution in [2.24, 2.45) is 5.41 Å². The van der Waals surface area contributed by atoms with Crippen LogP contribution in [-0.4, -0.2) is 54.2 Å². The molecular formula is C17H28N4O. The lowest BCUT2D eigenvalue weighted by Gasteiger charge is -2.41. The van der Waals surface area contributed by atoms with Gasteiger partial charge >= 0.3 is 0 Å². The van der Waals surface area contributed by atoms with Crippen LogP contribution in [0.2, 0.25) is 0 Å². The fourth-order valence-electron chi connectivity index (χ4n) is 3.96. The van der Waals surface area contributed by atoms with E-state index in [-0.39, 0.29) is 0 Å². The van der Waals surface area contributed by atoms with Crippen molar-refractivity contribution in [3.8, 4) is 5.88 Å². The van der Waals surface area contributed by atoms with Gasteiger partial charge in [0.05, 0.1) is 7.11 Å². The number of aromatic nitrogens is 2. The SMILES string of the molecule is CC[C@H](C)N1CC[C@@]2(CCCN(c3cc(OC)ncn3)C2)C1. The van der Waals surface area contributed by atoms with Gasteiger partial charge in [-0.15, -0.1) is 0 Å². The van der Waals surface area contributed by atoms with E-state index in [1.165, 1.54) is 38.8 Å². The molecule has 1 aromatic rings. The number of nitrogens with zero attached hydrogens (tertiary/aromatic N) is 4. The summed E-state index contributed by atoms with van der Waals surface area (Å²) >= 11 is 0. The maximum absolute atomic E-state index is 5.24. The van der Waals surface area contributed by atoms with Crippen LogP contribution in [0.4, 0.5) is 5.82 Å². The van der Waals surface area contributed by atoms with Gasteiger partial charge in [0.25, 0.3) is 0 Å². The molecule has 2 fully saturated rings. The minimum absolute atomic E-state index is 0.444. The summed E-state index contributed by atoms with van der Waals surface area (Å²) in [5.41, 5.74) is 0.444. The molecule has 0 radical (unpaired) electrons. The Labute approximate surface area is 133 Å². The quantitative estimate of drug-likeness (QED) is 0.855. The number of hydrogen-bond acceptors (Lipinski definition) is 5. The molecule has 0 saturated carbocycles. The number of anilines is 1. The molecule has 3 heterocycles. The highest BCUT2D eigenvalue weighted by Crippen LogP contribution is 2.40. The summed E-state index contributed by atoms with van der Waals surface area (Å²) in [5.74, 6) is 1.66. The first-order valence-electron chi connectivity index (χ1n) is 8.51. The second-order valence-corrected chi connectivity index (χ2v) is 6.92. The Kier molecular flexibility index (Phi) is 4.52. The van der Waals surface area contributed by atoms with Crippen molar-refractivity contribution in [1.82, 2.24) is 14.9 Å². The smallest absolute Gasteiger partial charge is 0.218 e. The van der Waals surface area contributed by atoms with Gasteiger partial charge in [-0.1, -0.05) is 6.92 Å². The van der Waals surface area contributed by atoms with Crippen LogP contribution in [0.15, 0.2) is 12.4 Å². The number of methoxy groups -OCH3 is 1. The van der Waals surface area contributed by atoms with Crippen LogP contribution in [0.25, 0.3) is 0 Å². The second kappa shape index (κ2) is 6.41. The minimum Gasteiger partial charge on any atom is -0.481 e. The Hall–Kier alpha value is -1.36. The number of rotatable bonds is 4. The lowest BCUT2D eigenvalue weighted by atomic mass is 9.79. The fourth-order valence-corrected chi connectivity index (χ4v) is 3.96. The highest BCUT2D eigenvalue weighted by Gasteiger charge is 2.42. The summed E-state index contributed by atoms with van der Waals surface area (Å²) in [6, 6.07) is 2.66. The van der Waals surface area contributed by atoms with Gasteiger partial charge in [-0.2, -0.15) is 0 Å². The predicted octanol–water partition coefficient (Wildman–Crippen LogP) is 2.58. The van der Waals surface area contributed by atoms with Crippen molar-refractivity contribution in [3.63, 3.8) is 0 Å². The first-order chi connectivity index (χ1) is 10.7. The van der Waals surface area contributed by atoms with Crippen molar-refractivity contribution in [2.75, 3.05) is 38.2 Å². The van der Waals surface area contributed by atoms with Crippen molar-refractivity contribution < 1.29 is 4.74 Å². The molecule has 5 nitrogen and oxygen atoms in total. The maximum atomic E-state index is 5.24. The standard InChI is InChI=1S/C17H28N4O/c1-4-14(2)20-9-7-17(11-20)6-5-8-21(12-17)15-10-16(22-3)19-13-18-15/h10,13-14H,4-9,11-12H2,1-3H3/t14-,17-/m0/s1. The minimum atomic E-state index is 0.444. The summed E-state index contributed by atoms with van der Waals surface area (Å²) in [5, 5.41) is 0. The molecule has 0 aliphatic carbocycles. The van der Waals surface area contributed by atoms with Gasteiger partial charge in [-0.25, -0.2) is 9.97 Å². The highest BCUT2D eigenvalue weighted by atomic mass is 16.5. The van der Waals surface area contributed by atoms with Crippen LogP contribution >= 0.6 is 0 Å². The van der Waals surface area contributed by atoms with Gasteiger partial charge in [0.1, 0.15) is 12.1 Å². The first-order valence-corrected chi connectivity index (χ1v) is 8.51. The van der Waals surface area contributed by atoms with E-state index < -0.39 is 0 Å². The summed E-state index contributed by atoms with van der Waals surface area (Å²) in [6.07, 6.45) is 6.76. The van der Waals surface area contributed by atoms with Gasteiger partial charge in [-0.05, 0) is 39.2 Å². The van der Waals surface area contributed by atoms with E-state index in [1.807, 2.05) is 6.07 Å². The van der Waals surface area contributed by atoms with Crippen LogP contribution < -0.4 is 9.64 Å². The molecule has 1 spiro atoms. The largest absolute Gasteiger partial charge is 0.481 e. The third-order valence-electron chi connectivity index (χ3n) is 5.50. The molecular weight excluding hydrogens is 276 g/mol. The van der Waals surface area contributed by atoms with Crippen molar-refractivity contribution in [1.29, 1.82) is 0 Å². The van der Waals surface area contributed by atoms with Crippen LogP contribution in [0.5, 0.6) is 5.88 Å². The van der Waals surface area contributed by atoms with Crippen molar-refractivity contribution in [2.45, 2.75) is 45.6 Å². The second-order valence-electron chi connectivity index (χ2n) is 6.92. The van der Waals surface area contributed by atoms with Crippen LogP contribution in [0.3, 0.4) is 0 Å². The Balaban J connectivity index is 1.72. The highest BCUT2D eigenvalue weighted by molar-refractivity contribution is 5.41. The number of ether oxygens (including phenoxy) is 1. The Morgan fingerprint density at radius 3 is 2.91 bits per heavy atom. The zero-order valence-corrected chi connectivity index (χ0v) is 14.1. The molecule has 22 heavy (non-hydrogen) atoms. The Morgan fingerprint density at radius 2 is 2.14 bits per heavy atom. The van der Waals surface area contributed by atoms with Crippen LogP contribution in [-0.2, 0) is 0 Å². The van der Waals surface area contributed by atoms with Gasteiger partial charge in [0, 0.05) is 37.2 Å². The number of likely N-dealkylation sites (tertiary alicyclic amines) is 1. The Morgan fingerprint density at radius 1 is 1.27 bits per heavy atom. The lowest BCUT2D eigenvalue weighted by Crippen LogP contribution is -2.46. The molecule has 3 rings (SSSR count). The molecule has 0 bridgehead atoms. The summed E-state index contributed by atoms with van der Waals surface area (Å²) in [7, 11) is 1.66. The molecule has 1 aromatic heterocycles. The molecule has 0 aromatic carbocycles. The van der Waals surface area contributed by atoms with E-state index in [4.69, 9.17) is 4.74 Å². The predicted molar refractivity (Wildman–Crippen MR) is 88.4 cm³/mol. The van der Waals surface area contributed by atoms with Crippen LogP contribution in [0, 0.1) is 5.41 Å². The zero-order chi connectivity index (χ0) is 15.6. The van der Waals surface area contributed by atoms with E-state index in [2.05, 4.69) is 33.6 Å². The van der Waals surface area contributed by atoms with Gasteiger partial charge in [0.15, 0.2) is 0 Å². The van der Waals surface area contributed by atoms with Crippen LogP contribution in [0.1, 0.15) is 39.5 Å². The summed E-state index contributed by atoms with van der Waals surface area (Å²) < 4.78 is 5.24. The topological polar surface area (TPSA) is 41.5 Å². The Bertz CT molecular complexity index is 509. The fraction of sp³-hybridized carbons (Fsp3) is 0.765. The maximum Gasteiger partial charge on any atom is 0.218 e. The zero-order valence-electron chi connectivity index (χ0n) is 14.1. The molecule has 0 unspecified atom stereocenters. The van der Waals surface area contributed by atoms with E-state index in [1.54, 1.807) is 13.4 Å². The lowest BCUT2D eigenvalue weighted by molar-refractivity contribution is 0.188. The van der Waals surface area contributed by atoms with E-state index >= 15 is 0 Å². The van der Waals surface area contributed by atoms with E-state index in [0.29, 0.717) is 17.3 Å². The molecule has 2 aliphatic rings. The van der Waals surface area contributed by atoms with E-state index in [0.717, 1.165) is 18.9 Å². The number of hydrogen-bond donors (Lipinski definition) is 0. The summed E-state index contributed by atoms with van der Waals surface area (Å²) in [6.45, 7) is 9.33. The molecule has 2 atom stereocenters.